The minimum Gasteiger partial charge on any atom is -0.381 e. The summed E-state index contributed by atoms with van der Waals surface area (Å²) in [7, 11) is 0. The Morgan fingerprint density at radius 3 is 2.73 bits per heavy atom. The van der Waals surface area contributed by atoms with Crippen molar-refractivity contribution in [1.29, 1.82) is 0 Å². The molecule has 1 aromatic rings. The SMILES string of the molecule is CC(C(=O)c1ccccc1)C1CCOC1. The van der Waals surface area contributed by atoms with Gasteiger partial charge in [0.2, 0.25) is 0 Å². The number of benzene rings is 1. The van der Waals surface area contributed by atoms with E-state index in [2.05, 4.69) is 0 Å². The molecule has 2 nitrogen and oxygen atoms in total. The highest BCUT2D eigenvalue weighted by Crippen LogP contribution is 2.24. The molecule has 2 rings (SSSR count). The molecule has 0 saturated carbocycles. The Morgan fingerprint density at radius 1 is 1.40 bits per heavy atom. The molecule has 2 heteroatoms. The third-order valence-electron chi connectivity index (χ3n) is 3.14. The minimum atomic E-state index is 0.0786. The first-order chi connectivity index (χ1) is 7.29. The molecule has 1 saturated heterocycles. The van der Waals surface area contributed by atoms with Crippen LogP contribution in [0.5, 0.6) is 0 Å². The van der Waals surface area contributed by atoms with Crippen molar-refractivity contribution >= 4 is 5.78 Å². The predicted octanol–water partition coefficient (Wildman–Crippen LogP) is 2.54. The summed E-state index contributed by atoms with van der Waals surface area (Å²) in [6.07, 6.45) is 1.01. The molecule has 1 aliphatic rings. The average molecular weight is 204 g/mol. The zero-order valence-corrected chi connectivity index (χ0v) is 8.98. The smallest absolute Gasteiger partial charge is 0.166 e. The molecule has 2 atom stereocenters. The summed E-state index contributed by atoms with van der Waals surface area (Å²) in [6, 6.07) is 9.51. The highest BCUT2D eigenvalue weighted by Gasteiger charge is 2.27. The van der Waals surface area contributed by atoms with E-state index in [0.717, 1.165) is 25.2 Å². The molecule has 0 spiro atoms. The van der Waals surface area contributed by atoms with Crippen LogP contribution in [0.3, 0.4) is 0 Å². The molecule has 0 aromatic heterocycles. The van der Waals surface area contributed by atoms with E-state index in [1.54, 1.807) is 0 Å². The maximum Gasteiger partial charge on any atom is 0.166 e. The van der Waals surface area contributed by atoms with Gasteiger partial charge < -0.3 is 4.74 Å². The molecule has 0 N–H and O–H groups in total. The van der Waals surface area contributed by atoms with Gasteiger partial charge in [-0.15, -0.1) is 0 Å². The zero-order chi connectivity index (χ0) is 10.7. The summed E-state index contributed by atoms with van der Waals surface area (Å²) < 4.78 is 5.31. The number of ether oxygens (including phenoxy) is 1. The van der Waals surface area contributed by atoms with Gasteiger partial charge in [-0.25, -0.2) is 0 Å². The maximum atomic E-state index is 12.1. The fourth-order valence-electron chi connectivity index (χ4n) is 2.03. The molecule has 1 aromatic carbocycles. The number of rotatable bonds is 3. The Labute approximate surface area is 90.3 Å². The molecule has 1 heterocycles. The molecule has 2 unspecified atom stereocenters. The van der Waals surface area contributed by atoms with Gasteiger partial charge in [0.15, 0.2) is 5.78 Å². The lowest BCUT2D eigenvalue weighted by Crippen LogP contribution is -2.21. The van der Waals surface area contributed by atoms with Gasteiger partial charge in [-0.3, -0.25) is 4.79 Å². The fourth-order valence-corrected chi connectivity index (χ4v) is 2.03. The molecule has 1 fully saturated rings. The molecule has 15 heavy (non-hydrogen) atoms. The molecular formula is C13H16O2. The number of hydrogen-bond donors (Lipinski definition) is 0. The number of hydrogen-bond acceptors (Lipinski definition) is 2. The summed E-state index contributed by atoms with van der Waals surface area (Å²) in [5.41, 5.74) is 0.817. The van der Waals surface area contributed by atoms with Crippen molar-refractivity contribution < 1.29 is 9.53 Å². The second kappa shape index (κ2) is 4.58. The van der Waals surface area contributed by atoms with Crippen LogP contribution in [0, 0.1) is 11.8 Å². The van der Waals surface area contributed by atoms with E-state index in [1.165, 1.54) is 0 Å². The topological polar surface area (TPSA) is 26.3 Å². The van der Waals surface area contributed by atoms with E-state index in [9.17, 15) is 4.79 Å². The van der Waals surface area contributed by atoms with Crippen molar-refractivity contribution in [2.45, 2.75) is 13.3 Å². The Kier molecular flexibility index (Phi) is 3.17. The first-order valence-electron chi connectivity index (χ1n) is 5.46. The van der Waals surface area contributed by atoms with E-state index < -0.39 is 0 Å². The van der Waals surface area contributed by atoms with Gasteiger partial charge in [0.25, 0.3) is 0 Å². The van der Waals surface area contributed by atoms with E-state index >= 15 is 0 Å². The third-order valence-corrected chi connectivity index (χ3v) is 3.14. The summed E-state index contributed by atoms with van der Waals surface area (Å²) in [5, 5.41) is 0. The first-order valence-corrected chi connectivity index (χ1v) is 5.46. The molecule has 0 amide bonds. The van der Waals surface area contributed by atoms with Crippen LogP contribution < -0.4 is 0 Å². The van der Waals surface area contributed by atoms with Gasteiger partial charge in [-0.05, 0) is 12.3 Å². The van der Waals surface area contributed by atoms with Crippen LogP contribution in [-0.2, 0) is 4.74 Å². The number of carbonyl (C=O) groups is 1. The van der Waals surface area contributed by atoms with Crippen molar-refractivity contribution in [3.05, 3.63) is 35.9 Å². The summed E-state index contributed by atoms with van der Waals surface area (Å²) in [6.45, 7) is 3.55. The summed E-state index contributed by atoms with van der Waals surface area (Å²) >= 11 is 0. The number of ketones is 1. The quantitative estimate of drug-likeness (QED) is 0.707. The molecule has 0 radical (unpaired) electrons. The van der Waals surface area contributed by atoms with Gasteiger partial charge in [-0.1, -0.05) is 37.3 Å². The Hall–Kier alpha value is -1.15. The molecule has 1 aliphatic heterocycles. The van der Waals surface area contributed by atoms with Gasteiger partial charge >= 0.3 is 0 Å². The molecular weight excluding hydrogens is 188 g/mol. The maximum absolute atomic E-state index is 12.1. The fraction of sp³-hybridized carbons (Fsp3) is 0.462. The van der Waals surface area contributed by atoms with Gasteiger partial charge in [0.1, 0.15) is 0 Å². The van der Waals surface area contributed by atoms with Gasteiger partial charge in [0, 0.05) is 18.1 Å². The summed E-state index contributed by atoms with van der Waals surface area (Å²) in [4.78, 5) is 12.1. The van der Waals surface area contributed by atoms with E-state index in [0.29, 0.717) is 5.92 Å². The Bertz CT molecular complexity index is 326. The van der Waals surface area contributed by atoms with E-state index in [1.807, 2.05) is 37.3 Å². The lowest BCUT2D eigenvalue weighted by molar-refractivity contribution is 0.0871. The summed E-state index contributed by atoms with van der Waals surface area (Å²) in [5.74, 6) is 0.721. The zero-order valence-electron chi connectivity index (χ0n) is 8.98. The van der Waals surface area contributed by atoms with E-state index in [4.69, 9.17) is 4.74 Å². The van der Waals surface area contributed by atoms with Crippen molar-refractivity contribution in [2.75, 3.05) is 13.2 Å². The molecule has 0 aliphatic carbocycles. The van der Waals surface area contributed by atoms with Crippen molar-refractivity contribution in [3.8, 4) is 0 Å². The highest BCUT2D eigenvalue weighted by molar-refractivity contribution is 5.97. The lowest BCUT2D eigenvalue weighted by atomic mass is 9.87. The van der Waals surface area contributed by atoms with Crippen molar-refractivity contribution in [2.24, 2.45) is 11.8 Å². The molecule has 0 bridgehead atoms. The molecule has 80 valence electrons. The van der Waals surface area contributed by atoms with Crippen LogP contribution in [0.25, 0.3) is 0 Å². The Morgan fingerprint density at radius 2 is 2.13 bits per heavy atom. The van der Waals surface area contributed by atoms with E-state index in [-0.39, 0.29) is 11.7 Å². The number of Topliss-reactive ketones (excluding diaryl/α,β-unsaturated/α-hetero) is 1. The van der Waals surface area contributed by atoms with Crippen LogP contribution in [0.4, 0.5) is 0 Å². The lowest BCUT2D eigenvalue weighted by Gasteiger charge is -2.15. The monoisotopic (exact) mass is 204 g/mol. The van der Waals surface area contributed by atoms with Gasteiger partial charge in [0.05, 0.1) is 6.61 Å². The predicted molar refractivity (Wildman–Crippen MR) is 58.9 cm³/mol. The van der Waals surface area contributed by atoms with Gasteiger partial charge in [-0.2, -0.15) is 0 Å². The van der Waals surface area contributed by atoms with Crippen LogP contribution in [0.15, 0.2) is 30.3 Å². The van der Waals surface area contributed by atoms with Crippen molar-refractivity contribution in [1.82, 2.24) is 0 Å². The highest BCUT2D eigenvalue weighted by atomic mass is 16.5. The average Bonchev–Trinajstić information content (AvgIpc) is 2.82. The van der Waals surface area contributed by atoms with Crippen molar-refractivity contribution in [3.63, 3.8) is 0 Å². The minimum absolute atomic E-state index is 0.0786. The number of carbonyl (C=O) groups excluding carboxylic acids is 1. The normalized spacial score (nSPS) is 22.6. The first kappa shape index (κ1) is 10.4. The second-order valence-electron chi connectivity index (χ2n) is 4.14. The standard InChI is InChI=1S/C13H16O2/c1-10(12-7-8-15-9-12)13(14)11-5-3-2-4-6-11/h2-6,10,12H,7-9H2,1H3. The third kappa shape index (κ3) is 2.26. The second-order valence-corrected chi connectivity index (χ2v) is 4.14. The van der Waals surface area contributed by atoms with Crippen LogP contribution in [0.2, 0.25) is 0 Å². The van der Waals surface area contributed by atoms with Crippen LogP contribution >= 0.6 is 0 Å². The van der Waals surface area contributed by atoms with Crippen LogP contribution in [0.1, 0.15) is 23.7 Å². The largest absolute Gasteiger partial charge is 0.381 e. The van der Waals surface area contributed by atoms with Crippen LogP contribution in [-0.4, -0.2) is 19.0 Å². The Balaban J connectivity index is 2.07.